The van der Waals surface area contributed by atoms with Crippen LogP contribution in [0, 0.1) is 18.8 Å². The Morgan fingerprint density at radius 2 is 1.65 bits per heavy atom. The predicted octanol–water partition coefficient (Wildman–Crippen LogP) is 5.82. The lowest BCUT2D eigenvalue weighted by atomic mass is 9.80. The van der Waals surface area contributed by atoms with Crippen LogP contribution in [0.15, 0.2) is 48.5 Å². The van der Waals surface area contributed by atoms with Crippen molar-refractivity contribution in [2.75, 3.05) is 11.9 Å². The highest BCUT2D eigenvalue weighted by Crippen LogP contribution is 2.30. The summed E-state index contributed by atoms with van der Waals surface area (Å²) in [7, 11) is 0. The Morgan fingerprint density at radius 3 is 2.26 bits per heavy atom. The average molecular weight is 609 g/mol. The molecule has 1 heterocycles. The van der Waals surface area contributed by atoms with Crippen LogP contribution >= 0.6 is 11.6 Å². The van der Waals surface area contributed by atoms with Crippen molar-refractivity contribution >= 4 is 35.2 Å². The van der Waals surface area contributed by atoms with Crippen molar-refractivity contribution in [3.8, 4) is 11.4 Å². The molecule has 0 spiro atoms. The zero-order valence-corrected chi connectivity index (χ0v) is 26.0. The summed E-state index contributed by atoms with van der Waals surface area (Å²) in [6.07, 6.45) is 3.97. The van der Waals surface area contributed by atoms with Crippen LogP contribution < -0.4 is 16.0 Å². The number of aromatic nitrogens is 3. The van der Waals surface area contributed by atoms with Gasteiger partial charge in [-0.1, -0.05) is 29.8 Å². The molecule has 0 aliphatic heterocycles. The third kappa shape index (κ3) is 10.4. The van der Waals surface area contributed by atoms with E-state index in [4.69, 9.17) is 16.3 Å². The Kier molecular flexibility index (Phi) is 10.8. The van der Waals surface area contributed by atoms with E-state index in [-0.39, 0.29) is 23.0 Å². The minimum Gasteiger partial charge on any atom is -0.444 e. The Hall–Kier alpha value is -3.92. The number of nitrogens with one attached hydrogen (secondary N) is 4. The van der Waals surface area contributed by atoms with Gasteiger partial charge in [0.2, 0.25) is 17.1 Å². The Labute approximate surface area is 257 Å². The van der Waals surface area contributed by atoms with Crippen LogP contribution in [0.5, 0.6) is 0 Å². The van der Waals surface area contributed by atoms with Crippen molar-refractivity contribution in [3.05, 3.63) is 64.9 Å². The maximum Gasteiger partial charge on any atom is 0.407 e. The first-order valence-corrected chi connectivity index (χ1v) is 15.1. The number of H-pyrrole nitrogens is 1. The van der Waals surface area contributed by atoms with E-state index in [1.165, 1.54) is 0 Å². The fourth-order valence-corrected chi connectivity index (χ4v) is 5.29. The van der Waals surface area contributed by atoms with Crippen LogP contribution in [0.4, 0.5) is 10.5 Å². The average Bonchev–Trinajstić information content (AvgIpc) is 3.39. The second-order valence-corrected chi connectivity index (χ2v) is 12.7. The molecule has 0 saturated heterocycles. The summed E-state index contributed by atoms with van der Waals surface area (Å²) in [6.45, 7) is 8.10. The number of ether oxygens (including phenoxy) is 1. The lowest BCUT2D eigenvalue weighted by Gasteiger charge is -2.29. The first-order valence-electron chi connectivity index (χ1n) is 14.7. The molecule has 3 amide bonds. The molecule has 0 bridgehead atoms. The van der Waals surface area contributed by atoms with Gasteiger partial charge < -0.3 is 20.7 Å². The second-order valence-electron chi connectivity index (χ2n) is 12.3. The van der Waals surface area contributed by atoms with E-state index < -0.39 is 17.7 Å². The highest BCUT2D eigenvalue weighted by molar-refractivity contribution is 6.28. The summed E-state index contributed by atoms with van der Waals surface area (Å²) in [5.74, 6) is 0.622. The fourth-order valence-electron chi connectivity index (χ4n) is 5.17. The lowest BCUT2D eigenvalue weighted by Crippen LogP contribution is -2.45. The molecule has 4 rings (SSSR count). The molecule has 1 aliphatic rings. The van der Waals surface area contributed by atoms with Crippen molar-refractivity contribution in [1.82, 2.24) is 25.8 Å². The third-order valence-corrected chi connectivity index (χ3v) is 7.62. The standard InChI is InChI=1S/C32H41ClN6O4/c1-20-5-7-21(8-6-20)17-26(29(41)35-25-15-13-24(14-16-25)28-37-30(33)39-38-28)36-27(40)18-22-9-11-23(12-10-22)19-34-31(42)43-32(2,3)4/h5-8,13-16,22-23,26H,9-12,17-19H2,1-4H3,(H,34,42)(H,35,41)(H,36,40)(H,37,38,39). The zero-order valence-electron chi connectivity index (χ0n) is 25.2. The topological polar surface area (TPSA) is 138 Å². The van der Waals surface area contributed by atoms with Crippen molar-refractivity contribution in [1.29, 1.82) is 0 Å². The number of hydrogen-bond acceptors (Lipinski definition) is 6. The van der Waals surface area contributed by atoms with E-state index in [0.717, 1.165) is 42.4 Å². The highest BCUT2D eigenvalue weighted by Gasteiger charge is 2.27. The van der Waals surface area contributed by atoms with Crippen LogP contribution in [-0.2, 0) is 20.7 Å². The molecule has 1 atom stereocenters. The number of halogens is 1. The summed E-state index contributed by atoms with van der Waals surface area (Å²) in [5.41, 5.74) is 2.90. The normalized spacial score (nSPS) is 17.5. The number of aryl methyl sites for hydroxylation is 1. The molecule has 1 aromatic heterocycles. The molecule has 1 saturated carbocycles. The summed E-state index contributed by atoms with van der Waals surface area (Å²) in [6, 6.07) is 14.3. The molecule has 43 heavy (non-hydrogen) atoms. The Morgan fingerprint density at radius 1 is 1.00 bits per heavy atom. The number of benzene rings is 2. The number of alkyl carbamates (subject to hydrolysis) is 1. The molecule has 11 heteroatoms. The number of anilines is 1. The largest absolute Gasteiger partial charge is 0.444 e. The van der Waals surface area contributed by atoms with Crippen LogP contribution in [0.3, 0.4) is 0 Å². The molecule has 1 unspecified atom stereocenters. The maximum atomic E-state index is 13.4. The quantitative estimate of drug-likeness (QED) is 0.229. The van der Waals surface area contributed by atoms with Gasteiger partial charge in [-0.15, -0.1) is 0 Å². The molecule has 1 aliphatic carbocycles. The number of rotatable bonds is 10. The van der Waals surface area contributed by atoms with E-state index in [1.807, 2.05) is 52.0 Å². The smallest absolute Gasteiger partial charge is 0.407 e. The Bertz CT molecular complexity index is 1380. The number of carbonyl (C=O) groups excluding carboxylic acids is 3. The van der Waals surface area contributed by atoms with Gasteiger partial charge in [0, 0.05) is 30.6 Å². The molecular weight excluding hydrogens is 568 g/mol. The first kappa shape index (κ1) is 32.0. The van der Waals surface area contributed by atoms with Gasteiger partial charge >= 0.3 is 6.09 Å². The molecule has 4 N–H and O–H groups in total. The minimum absolute atomic E-state index is 0.139. The number of carbonyl (C=O) groups is 3. The number of nitrogens with zero attached hydrogens (tertiary/aromatic N) is 2. The van der Waals surface area contributed by atoms with Gasteiger partial charge in [-0.25, -0.2) is 9.89 Å². The van der Waals surface area contributed by atoms with Crippen LogP contribution in [0.2, 0.25) is 5.28 Å². The minimum atomic E-state index is -0.740. The van der Waals surface area contributed by atoms with Gasteiger partial charge in [0.05, 0.1) is 0 Å². The van der Waals surface area contributed by atoms with Gasteiger partial charge in [-0.2, -0.15) is 10.1 Å². The van der Waals surface area contributed by atoms with Gasteiger partial charge in [-0.3, -0.25) is 9.59 Å². The molecule has 10 nitrogen and oxygen atoms in total. The van der Waals surface area contributed by atoms with Gasteiger partial charge in [0.25, 0.3) is 0 Å². The van der Waals surface area contributed by atoms with E-state index in [9.17, 15) is 14.4 Å². The maximum absolute atomic E-state index is 13.4. The Balaban J connectivity index is 1.31. The summed E-state index contributed by atoms with van der Waals surface area (Å²) in [5, 5.41) is 15.6. The van der Waals surface area contributed by atoms with Gasteiger partial charge in [-0.05, 0) is 107 Å². The molecule has 2 aromatic carbocycles. The van der Waals surface area contributed by atoms with E-state index in [1.54, 1.807) is 24.3 Å². The first-order chi connectivity index (χ1) is 20.4. The van der Waals surface area contributed by atoms with Crippen molar-refractivity contribution in [2.24, 2.45) is 11.8 Å². The van der Waals surface area contributed by atoms with Crippen molar-refractivity contribution in [2.45, 2.75) is 77.9 Å². The molecule has 3 aromatic rings. The molecule has 1 fully saturated rings. The predicted molar refractivity (Wildman–Crippen MR) is 167 cm³/mol. The summed E-state index contributed by atoms with van der Waals surface area (Å²) in [4.78, 5) is 42.7. The van der Waals surface area contributed by atoms with Crippen LogP contribution in [0.1, 0.15) is 64.0 Å². The second kappa shape index (κ2) is 14.5. The lowest BCUT2D eigenvalue weighted by molar-refractivity contribution is -0.127. The van der Waals surface area contributed by atoms with Crippen molar-refractivity contribution < 1.29 is 19.1 Å². The third-order valence-electron chi connectivity index (χ3n) is 7.46. The molecule has 0 radical (unpaired) electrons. The van der Waals surface area contributed by atoms with Crippen molar-refractivity contribution in [3.63, 3.8) is 0 Å². The fraction of sp³-hybridized carbons (Fsp3) is 0.469. The highest BCUT2D eigenvalue weighted by atomic mass is 35.5. The monoisotopic (exact) mass is 608 g/mol. The zero-order chi connectivity index (χ0) is 31.0. The summed E-state index contributed by atoms with van der Waals surface area (Å²) >= 11 is 5.83. The molecular formula is C32H41ClN6O4. The van der Waals surface area contributed by atoms with Gasteiger partial charge in [0.15, 0.2) is 5.82 Å². The number of aromatic amines is 1. The van der Waals surface area contributed by atoms with Crippen LogP contribution in [-0.4, -0.2) is 51.3 Å². The van der Waals surface area contributed by atoms with E-state index >= 15 is 0 Å². The van der Waals surface area contributed by atoms with Gasteiger partial charge in [0.1, 0.15) is 11.6 Å². The van der Waals surface area contributed by atoms with Crippen LogP contribution in [0.25, 0.3) is 11.4 Å². The molecule has 230 valence electrons. The summed E-state index contributed by atoms with van der Waals surface area (Å²) < 4.78 is 5.32. The number of hydrogen-bond donors (Lipinski definition) is 4. The number of amides is 3. The van der Waals surface area contributed by atoms with E-state index in [0.29, 0.717) is 36.8 Å². The van der Waals surface area contributed by atoms with E-state index in [2.05, 4.69) is 31.1 Å². The SMILES string of the molecule is Cc1ccc(CC(NC(=O)CC2CCC(CNC(=O)OC(C)(C)C)CC2)C(=O)Nc2ccc(-c3n[nH]c(Cl)n3)cc2)cc1.